The van der Waals surface area contributed by atoms with Gasteiger partial charge in [0.05, 0.1) is 23.1 Å². The van der Waals surface area contributed by atoms with Crippen molar-refractivity contribution >= 4 is 23.2 Å². The number of hydrogen-bond acceptors (Lipinski definition) is 5. The summed E-state index contributed by atoms with van der Waals surface area (Å²) in [6.07, 6.45) is 1.53. The van der Waals surface area contributed by atoms with Crippen LogP contribution in [0.15, 0.2) is 47.8 Å². The lowest BCUT2D eigenvalue weighted by Crippen LogP contribution is -2.43. The molecule has 7 heteroatoms. The van der Waals surface area contributed by atoms with Crippen molar-refractivity contribution in [3.63, 3.8) is 0 Å². The number of hydrogen-bond donors (Lipinski definition) is 0. The van der Waals surface area contributed by atoms with Gasteiger partial charge in [0.2, 0.25) is 0 Å². The normalized spacial score (nSPS) is 16.5. The number of carbonyl (C=O) groups excluding carboxylic acids is 2. The number of aryl methyl sites for hydroxylation is 1. The van der Waals surface area contributed by atoms with E-state index in [4.69, 9.17) is 9.84 Å². The van der Waals surface area contributed by atoms with Gasteiger partial charge in [-0.3, -0.25) is 9.59 Å². The fraction of sp³-hybridized carbons (Fsp3) is 0.348. The summed E-state index contributed by atoms with van der Waals surface area (Å²) in [5.41, 5.74) is 3.26. The number of aromatic nitrogens is 2. The maximum Gasteiger partial charge on any atom is 0.310 e. The molecule has 0 spiro atoms. The number of esters is 1. The second-order valence-electron chi connectivity index (χ2n) is 7.48. The zero-order chi connectivity index (χ0) is 21.1. The largest absolute Gasteiger partial charge is 0.466 e. The molecule has 1 aromatic carbocycles. The summed E-state index contributed by atoms with van der Waals surface area (Å²) in [6, 6.07) is 13.8. The number of piperidine rings is 1. The predicted molar refractivity (Wildman–Crippen MR) is 117 cm³/mol. The molecule has 0 bridgehead atoms. The lowest BCUT2D eigenvalue weighted by atomic mass is 9.98. The van der Waals surface area contributed by atoms with Crippen LogP contribution in [0.3, 0.4) is 0 Å². The Bertz CT molecular complexity index is 1020. The van der Waals surface area contributed by atoms with Crippen molar-refractivity contribution in [3.8, 4) is 16.3 Å². The molecule has 0 aliphatic carbocycles. The number of carbonyl (C=O) groups is 2. The molecule has 1 saturated heterocycles. The van der Waals surface area contributed by atoms with Gasteiger partial charge >= 0.3 is 5.97 Å². The number of benzene rings is 1. The molecule has 6 nitrogen and oxygen atoms in total. The van der Waals surface area contributed by atoms with Crippen LogP contribution < -0.4 is 0 Å². The van der Waals surface area contributed by atoms with Gasteiger partial charge in [-0.15, -0.1) is 11.3 Å². The summed E-state index contributed by atoms with van der Waals surface area (Å²) in [5, 5.41) is 6.74. The molecule has 0 radical (unpaired) electrons. The highest BCUT2D eigenvalue weighted by atomic mass is 32.1. The quantitative estimate of drug-likeness (QED) is 0.573. The highest BCUT2D eigenvalue weighted by Crippen LogP contribution is 2.28. The Labute approximate surface area is 180 Å². The number of amides is 1. The van der Waals surface area contributed by atoms with Gasteiger partial charge in [0.15, 0.2) is 0 Å². The number of nitrogens with zero attached hydrogens (tertiary/aromatic N) is 3. The highest BCUT2D eigenvalue weighted by Gasteiger charge is 2.31. The van der Waals surface area contributed by atoms with E-state index in [1.807, 2.05) is 54.8 Å². The minimum atomic E-state index is -0.268. The van der Waals surface area contributed by atoms with E-state index in [1.165, 1.54) is 0 Å². The van der Waals surface area contributed by atoms with E-state index >= 15 is 0 Å². The van der Waals surface area contributed by atoms with Gasteiger partial charge in [0.25, 0.3) is 5.91 Å². The van der Waals surface area contributed by atoms with Crippen LogP contribution in [-0.2, 0) is 9.53 Å². The van der Waals surface area contributed by atoms with Crippen LogP contribution in [0.1, 0.15) is 35.8 Å². The Hall–Kier alpha value is -2.93. The minimum Gasteiger partial charge on any atom is -0.466 e. The number of likely N-dealkylation sites (tertiary alicyclic amines) is 1. The SMILES string of the molecule is CCOC(=O)C1CCCN(C(=O)c2cc(-c3cccs3)nn2-c2ccc(C)cc2)C1. The summed E-state index contributed by atoms with van der Waals surface area (Å²) in [4.78, 5) is 28.5. The molecule has 2 aromatic heterocycles. The molecule has 1 fully saturated rings. The summed E-state index contributed by atoms with van der Waals surface area (Å²) in [6.45, 7) is 5.19. The fourth-order valence-electron chi connectivity index (χ4n) is 3.74. The van der Waals surface area contributed by atoms with Crippen molar-refractivity contribution in [2.75, 3.05) is 19.7 Å². The van der Waals surface area contributed by atoms with Crippen LogP contribution in [0.2, 0.25) is 0 Å². The summed E-state index contributed by atoms with van der Waals surface area (Å²) in [5.74, 6) is -0.601. The Balaban J connectivity index is 1.67. The average Bonchev–Trinajstić information content (AvgIpc) is 3.44. The van der Waals surface area contributed by atoms with Crippen molar-refractivity contribution in [1.82, 2.24) is 14.7 Å². The molecule has 156 valence electrons. The third-order valence-corrected chi connectivity index (χ3v) is 6.20. The summed E-state index contributed by atoms with van der Waals surface area (Å²) in [7, 11) is 0. The molecule has 3 heterocycles. The second-order valence-corrected chi connectivity index (χ2v) is 8.43. The molecule has 1 aliphatic rings. The van der Waals surface area contributed by atoms with Crippen LogP contribution in [-0.4, -0.2) is 46.3 Å². The lowest BCUT2D eigenvalue weighted by Gasteiger charge is -2.31. The molecule has 1 atom stereocenters. The van der Waals surface area contributed by atoms with Gasteiger partial charge in [-0.2, -0.15) is 5.10 Å². The molecule has 3 aromatic rings. The van der Waals surface area contributed by atoms with Gasteiger partial charge in [0.1, 0.15) is 11.4 Å². The van der Waals surface area contributed by atoms with E-state index < -0.39 is 0 Å². The molecular formula is C23H25N3O3S. The lowest BCUT2D eigenvalue weighted by molar-refractivity contribution is -0.149. The van der Waals surface area contributed by atoms with Crippen molar-refractivity contribution in [2.45, 2.75) is 26.7 Å². The van der Waals surface area contributed by atoms with Crippen molar-refractivity contribution < 1.29 is 14.3 Å². The highest BCUT2D eigenvalue weighted by molar-refractivity contribution is 7.13. The minimum absolute atomic E-state index is 0.111. The van der Waals surface area contributed by atoms with Gasteiger partial charge in [-0.25, -0.2) is 4.68 Å². The first kappa shape index (κ1) is 20.3. The molecule has 4 rings (SSSR count). The number of ether oxygens (including phenoxy) is 1. The zero-order valence-electron chi connectivity index (χ0n) is 17.2. The Morgan fingerprint density at radius 1 is 1.23 bits per heavy atom. The maximum atomic E-state index is 13.5. The Kier molecular flexibility index (Phi) is 5.99. The first-order valence-corrected chi connectivity index (χ1v) is 11.1. The van der Waals surface area contributed by atoms with Gasteiger partial charge in [-0.05, 0) is 56.3 Å². The van der Waals surface area contributed by atoms with E-state index in [1.54, 1.807) is 27.8 Å². The van der Waals surface area contributed by atoms with E-state index in [0.29, 0.717) is 25.4 Å². The smallest absolute Gasteiger partial charge is 0.310 e. The van der Waals surface area contributed by atoms with Crippen LogP contribution in [0.25, 0.3) is 16.3 Å². The topological polar surface area (TPSA) is 64.4 Å². The first-order chi connectivity index (χ1) is 14.6. The second kappa shape index (κ2) is 8.83. The molecule has 0 N–H and O–H groups in total. The molecule has 1 amide bonds. The summed E-state index contributed by atoms with van der Waals surface area (Å²) < 4.78 is 6.89. The molecule has 1 unspecified atom stereocenters. The summed E-state index contributed by atoms with van der Waals surface area (Å²) >= 11 is 1.59. The molecule has 0 saturated carbocycles. The van der Waals surface area contributed by atoms with E-state index in [0.717, 1.165) is 34.7 Å². The van der Waals surface area contributed by atoms with Crippen LogP contribution >= 0.6 is 11.3 Å². The third kappa shape index (κ3) is 4.16. The van der Waals surface area contributed by atoms with E-state index in [2.05, 4.69) is 0 Å². The van der Waals surface area contributed by atoms with Crippen molar-refractivity contribution in [3.05, 3.63) is 59.1 Å². The van der Waals surface area contributed by atoms with E-state index in [-0.39, 0.29) is 17.8 Å². The molecule has 1 aliphatic heterocycles. The van der Waals surface area contributed by atoms with Gasteiger partial charge in [-0.1, -0.05) is 23.8 Å². The predicted octanol–water partition coefficient (Wildman–Crippen LogP) is 4.32. The number of thiophene rings is 1. The maximum absolute atomic E-state index is 13.5. The van der Waals surface area contributed by atoms with E-state index in [9.17, 15) is 9.59 Å². The first-order valence-electron chi connectivity index (χ1n) is 10.2. The third-order valence-electron chi connectivity index (χ3n) is 5.31. The van der Waals surface area contributed by atoms with Crippen LogP contribution in [0, 0.1) is 12.8 Å². The standard InChI is InChI=1S/C23H25N3O3S/c1-3-29-23(28)17-6-4-12-25(15-17)22(27)20-14-19(21-7-5-13-30-21)24-26(20)18-10-8-16(2)9-11-18/h5,7-11,13-14,17H,3-4,6,12,15H2,1-2H3. The van der Waals surface area contributed by atoms with Crippen LogP contribution in [0.4, 0.5) is 0 Å². The monoisotopic (exact) mass is 423 g/mol. The van der Waals surface area contributed by atoms with Crippen LogP contribution in [0.5, 0.6) is 0 Å². The van der Waals surface area contributed by atoms with Crippen molar-refractivity contribution in [1.29, 1.82) is 0 Å². The zero-order valence-corrected chi connectivity index (χ0v) is 18.0. The average molecular weight is 424 g/mol. The van der Waals surface area contributed by atoms with Gasteiger partial charge < -0.3 is 9.64 Å². The Morgan fingerprint density at radius 2 is 2.03 bits per heavy atom. The fourth-order valence-corrected chi connectivity index (χ4v) is 4.42. The van der Waals surface area contributed by atoms with Gasteiger partial charge in [0, 0.05) is 13.1 Å². The Morgan fingerprint density at radius 3 is 2.73 bits per heavy atom. The molecule has 30 heavy (non-hydrogen) atoms. The molecular weight excluding hydrogens is 398 g/mol. The number of rotatable bonds is 5. The van der Waals surface area contributed by atoms with Crippen molar-refractivity contribution in [2.24, 2.45) is 5.92 Å².